The van der Waals surface area contributed by atoms with Gasteiger partial charge in [0.05, 0.1) is 37.6 Å². The molecule has 7 bridgehead atoms. The summed E-state index contributed by atoms with van der Waals surface area (Å²) in [6.07, 6.45) is -5.43. The topological polar surface area (TPSA) is 157 Å². The average molecular weight is 634 g/mol. The zero-order chi connectivity index (χ0) is 32.3. The van der Waals surface area contributed by atoms with Crippen molar-refractivity contribution < 1.29 is 53.6 Å². The van der Waals surface area contributed by atoms with Crippen LogP contribution in [0.15, 0.2) is 24.3 Å². The Labute approximate surface area is 263 Å². The van der Waals surface area contributed by atoms with Crippen molar-refractivity contribution in [3.8, 4) is 5.75 Å². The van der Waals surface area contributed by atoms with Crippen LogP contribution in [0.4, 0.5) is 0 Å². The second-order valence-electron chi connectivity index (χ2n) is 14.2. The molecule has 4 N–H and O–H groups in total. The van der Waals surface area contributed by atoms with Gasteiger partial charge in [-0.15, -0.1) is 0 Å². The van der Waals surface area contributed by atoms with Gasteiger partial charge in [-0.1, -0.05) is 6.92 Å². The summed E-state index contributed by atoms with van der Waals surface area (Å²) in [6.45, 7) is 3.43. The number of esters is 1. The number of hydrogen-bond acceptors (Lipinski definition) is 12. The van der Waals surface area contributed by atoms with Gasteiger partial charge in [-0.25, -0.2) is 4.79 Å². The molecule has 0 amide bonds. The fourth-order valence-electron chi connectivity index (χ4n) is 12.1. The third-order valence-electron chi connectivity index (χ3n) is 13.2. The van der Waals surface area contributed by atoms with Gasteiger partial charge in [0.1, 0.15) is 35.3 Å². The van der Waals surface area contributed by atoms with Crippen LogP contribution in [0.3, 0.4) is 0 Å². The number of ether oxygens (including phenoxy) is 6. The van der Waals surface area contributed by atoms with Gasteiger partial charge in [0.15, 0.2) is 0 Å². The average Bonchev–Trinajstić information content (AvgIpc) is 3.42. The molecule has 250 valence electrons. The lowest BCUT2D eigenvalue weighted by atomic mass is 9.42. The number of methoxy groups -OCH3 is 5. The summed E-state index contributed by atoms with van der Waals surface area (Å²) in [7, 11) is 7.80. The highest BCUT2D eigenvalue weighted by Gasteiger charge is 2.91. The zero-order valence-corrected chi connectivity index (χ0v) is 26.8. The zero-order valence-electron chi connectivity index (χ0n) is 26.8. The number of nitrogens with zero attached hydrogens (tertiary/aromatic N) is 1. The fourth-order valence-corrected chi connectivity index (χ4v) is 12.1. The minimum absolute atomic E-state index is 0.0861. The van der Waals surface area contributed by atoms with Crippen LogP contribution in [-0.4, -0.2) is 140 Å². The van der Waals surface area contributed by atoms with Crippen molar-refractivity contribution in [2.24, 2.45) is 34.5 Å². The minimum Gasteiger partial charge on any atom is -0.497 e. The Hall–Kier alpha value is -1.87. The summed E-state index contributed by atoms with van der Waals surface area (Å²) < 4.78 is 35.8. The smallest absolute Gasteiger partial charge is 0.338 e. The molecule has 12 heteroatoms. The maximum Gasteiger partial charge on any atom is 0.338 e. The minimum atomic E-state index is -1.88. The Morgan fingerprint density at radius 1 is 0.978 bits per heavy atom. The van der Waals surface area contributed by atoms with Crippen LogP contribution >= 0.6 is 0 Å². The molecule has 1 spiro atoms. The van der Waals surface area contributed by atoms with Crippen LogP contribution < -0.4 is 4.74 Å². The molecule has 1 saturated heterocycles. The predicted octanol–water partition coefficient (Wildman–Crippen LogP) is 0.0859. The van der Waals surface area contributed by atoms with Gasteiger partial charge in [0, 0.05) is 76.0 Å². The summed E-state index contributed by atoms with van der Waals surface area (Å²) in [5.74, 6) is -2.50. The van der Waals surface area contributed by atoms with E-state index in [4.69, 9.17) is 28.4 Å². The van der Waals surface area contributed by atoms with Gasteiger partial charge < -0.3 is 48.8 Å². The molecule has 1 aromatic rings. The van der Waals surface area contributed by atoms with Crippen LogP contribution in [0.2, 0.25) is 0 Å². The number of carbonyl (C=O) groups excluding carboxylic acids is 1. The van der Waals surface area contributed by atoms with Crippen molar-refractivity contribution in [2.45, 2.75) is 73.6 Å². The van der Waals surface area contributed by atoms with E-state index in [0.29, 0.717) is 25.3 Å². The third-order valence-corrected chi connectivity index (χ3v) is 13.2. The predicted molar refractivity (Wildman–Crippen MR) is 157 cm³/mol. The molecule has 1 aromatic carbocycles. The second-order valence-corrected chi connectivity index (χ2v) is 14.2. The number of rotatable bonds is 9. The van der Waals surface area contributed by atoms with E-state index in [1.807, 2.05) is 6.92 Å². The van der Waals surface area contributed by atoms with Crippen LogP contribution in [0.1, 0.15) is 30.1 Å². The fraction of sp³-hybridized carbons (Fsp3) is 0.788. The summed E-state index contributed by atoms with van der Waals surface area (Å²) in [5.41, 5.74) is -4.96. The SMILES string of the molecule is CCN1C[C@]2(COC)[C@H](O)CC(OC)C34C1C(C(OC)[C@@H]32)[C@]1(O)[C@H]2[C@@H](OC(=O)c3ccc(OC)cc3)[C@@](O)(C[C@@H]24)[C@@H](OC)[C@@H]1O. The normalized spacial score (nSPS) is 50.8. The first-order chi connectivity index (χ1) is 21.5. The number of benzene rings is 1. The summed E-state index contributed by atoms with van der Waals surface area (Å²) in [5, 5.41) is 49.9. The highest BCUT2D eigenvalue weighted by atomic mass is 16.6. The second kappa shape index (κ2) is 10.6. The first-order valence-electron chi connectivity index (χ1n) is 16.0. The van der Waals surface area contributed by atoms with Crippen molar-refractivity contribution in [1.29, 1.82) is 0 Å². The molecule has 15 atom stereocenters. The number of piperidine rings is 1. The molecule has 0 aromatic heterocycles. The van der Waals surface area contributed by atoms with Crippen LogP contribution in [0.5, 0.6) is 5.75 Å². The Bertz CT molecular complexity index is 1310. The maximum atomic E-state index is 13.7. The summed E-state index contributed by atoms with van der Waals surface area (Å²) in [6, 6.07) is 6.16. The Balaban J connectivity index is 1.45. The van der Waals surface area contributed by atoms with Crippen molar-refractivity contribution in [3.63, 3.8) is 0 Å². The van der Waals surface area contributed by atoms with Crippen LogP contribution in [0.25, 0.3) is 0 Å². The van der Waals surface area contributed by atoms with Gasteiger partial charge in [-0.05, 0) is 43.1 Å². The lowest BCUT2D eigenvalue weighted by molar-refractivity contribution is -0.320. The van der Waals surface area contributed by atoms with Crippen molar-refractivity contribution in [3.05, 3.63) is 29.8 Å². The number of aliphatic hydroxyl groups excluding tert-OH is 2. The van der Waals surface area contributed by atoms with E-state index < -0.39 is 82.4 Å². The van der Waals surface area contributed by atoms with E-state index in [9.17, 15) is 25.2 Å². The largest absolute Gasteiger partial charge is 0.497 e. The molecule has 5 unspecified atom stereocenters. The first kappa shape index (κ1) is 31.7. The molecule has 45 heavy (non-hydrogen) atoms. The van der Waals surface area contributed by atoms with Gasteiger partial charge >= 0.3 is 5.97 Å². The quantitative estimate of drug-likeness (QED) is 0.272. The molecule has 7 rings (SSSR count). The van der Waals surface area contributed by atoms with E-state index in [-0.39, 0.29) is 30.6 Å². The van der Waals surface area contributed by atoms with E-state index >= 15 is 0 Å². The Morgan fingerprint density at radius 2 is 1.69 bits per heavy atom. The number of likely N-dealkylation sites (tertiary alicyclic amines) is 1. The monoisotopic (exact) mass is 633 g/mol. The molecule has 0 radical (unpaired) electrons. The van der Waals surface area contributed by atoms with Crippen molar-refractivity contribution >= 4 is 5.97 Å². The molecule has 12 nitrogen and oxygen atoms in total. The van der Waals surface area contributed by atoms with Crippen LogP contribution in [0, 0.1) is 34.5 Å². The van der Waals surface area contributed by atoms with E-state index in [1.54, 1.807) is 45.6 Å². The number of hydrogen-bond donors (Lipinski definition) is 4. The molecule has 5 aliphatic carbocycles. The summed E-state index contributed by atoms with van der Waals surface area (Å²) in [4.78, 5) is 16.0. The van der Waals surface area contributed by atoms with Gasteiger partial charge in [-0.2, -0.15) is 0 Å². The molecular formula is C33H47NO11. The molecule has 1 aliphatic heterocycles. The Morgan fingerprint density at radius 3 is 2.27 bits per heavy atom. The first-order valence-corrected chi connectivity index (χ1v) is 16.0. The van der Waals surface area contributed by atoms with Crippen molar-refractivity contribution in [1.82, 2.24) is 4.90 Å². The molecule has 1 heterocycles. The van der Waals surface area contributed by atoms with Gasteiger partial charge in [0.2, 0.25) is 0 Å². The van der Waals surface area contributed by atoms with E-state index in [2.05, 4.69) is 4.90 Å². The molecular weight excluding hydrogens is 586 g/mol. The maximum absolute atomic E-state index is 13.7. The molecule has 6 fully saturated rings. The number of aliphatic hydroxyl groups is 4. The van der Waals surface area contributed by atoms with Gasteiger partial charge in [-0.3, -0.25) is 4.90 Å². The number of carbonyl (C=O) groups is 1. The van der Waals surface area contributed by atoms with Gasteiger partial charge in [0.25, 0.3) is 0 Å². The molecule has 5 saturated carbocycles. The lowest BCUT2D eigenvalue weighted by Crippen LogP contribution is -2.81. The van der Waals surface area contributed by atoms with Crippen LogP contribution in [-0.2, 0) is 23.7 Å². The van der Waals surface area contributed by atoms with Crippen molar-refractivity contribution in [2.75, 3.05) is 55.2 Å². The van der Waals surface area contributed by atoms with E-state index in [1.165, 1.54) is 14.2 Å². The standard InChI is InChI=1S/C33H47NO11/c1-7-34-14-30(15-40-2)19(35)12-20(42-4)32-18-13-31(38)27(45-29(37)16-8-10-17(41-3)11-9-16)21(18)33(39,26(36)28(31)44-6)22(25(32)34)23(43-5)24(30)32/h8-11,18-28,35-36,38-39H,7,12-15H2,1-6H3/t18-,19+,20?,21+,22?,23?,24+,25?,26-,27+,28-,30-,31-,32?,33+/m0/s1. The number of fused-ring (bicyclic) bond motifs is 2. The highest BCUT2D eigenvalue weighted by molar-refractivity contribution is 5.89. The summed E-state index contributed by atoms with van der Waals surface area (Å²) >= 11 is 0. The van der Waals surface area contributed by atoms with E-state index in [0.717, 1.165) is 0 Å². The highest BCUT2D eigenvalue weighted by Crippen LogP contribution is 2.80. The molecule has 6 aliphatic rings. The lowest BCUT2D eigenvalue weighted by Gasteiger charge is -2.70. The third kappa shape index (κ3) is 3.56. The Kier molecular flexibility index (Phi) is 7.45.